The minimum Gasteiger partial charge on any atom is -0.298 e. The fourth-order valence-electron chi connectivity index (χ4n) is 1.40. The van der Waals surface area contributed by atoms with E-state index in [0.29, 0.717) is 5.56 Å². The lowest BCUT2D eigenvalue weighted by Crippen LogP contribution is -2.01. The quantitative estimate of drug-likeness (QED) is 0.514. The van der Waals surface area contributed by atoms with E-state index in [0.717, 1.165) is 21.9 Å². The van der Waals surface area contributed by atoms with E-state index in [1.807, 2.05) is 26.8 Å². The number of rotatable bonds is 1. The molecule has 1 aromatic carbocycles. The van der Waals surface area contributed by atoms with Crippen molar-refractivity contribution in [1.29, 1.82) is 0 Å². The maximum atomic E-state index is 11.3. The summed E-state index contributed by atoms with van der Waals surface area (Å²) >= 11 is 3.51. The van der Waals surface area contributed by atoms with Gasteiger partial charge in [0.1, 0.15) is 0 Å². The molecule has 2 heteroatoms. The lowest BCUT2D eigenvalue weighted by Gasteiger charge is -2.09. The van der Waals surface area contributed by atoms with E-state index in [1.54, 1.807) is 6.07 Å². The van der Waals surface area contributed by atoms with Gasteiger partial charge in [-0.25, -0.2) is 0 Å². The minimum atomic E-state index is -0.0999. The van der Waals surface area contributed by atoms with Crippen LogP contribution in [0.2, 0.25) is 0 Å². The first-order valence-electron chi connectivity index (χ1n) is 6.87. The summed E-state index contributed by atoms with van der Waals surface area (Å²) in [6.45, 7) is 12.3. The Hall–Kier alpha value is -1.51. The van der Waals surface area contributed by atoms with Gasteiger partial charge in [0, 0.05) is 32.0 Å². The normalized spacial score (nSPS) is 11.0. The smallest absolute Gasteiger partial charge is 0.151 e. The zero-order chi connectivity index (χ0) is 16.3. The van der Waals surface area contributed by atoms with Crippen molar-refractivity contribution in [1.82, 2.24) is 0 Å². The van der Waals surface area contributed by atoms with Crippen LogP contribution in [-0.4, -0.2) is 6.29 Å². The predicted octanol–water partition coefficient (Wildman–Crippen LogP) is 5.06. The summed E-state index contributed by atoms with van der Waals surface area (Å²) in [5, 5.41) is 0. The monoisotopic (exact) mass is 344 g/mol. The van der Waals surface area contributed by atoms with E-state index in [-0.39, 0.29) is 10.8 Å². The summed E-state index contributed by atoms with van der Waals surface area (Å²) in [6, 6.07) is 3.66. The lowest BCUT2D eigenvalue weighted by molar-refractivity contribution is 0.112. The molecule has 0 amide bonds. The fraction of sp³-hybridized carbons (Fsp3) is 0.421. The summed E-state index contributed by atoms with van der Waals surface area (Å²) in [6.07, 6.45) is 0.835. The Kier molecular flexibility index (Phi) is 5.43. The molecule has 0 aliphatic rings. The van der Waals surface area contributed by atoms with Crippen molar-refractivity contribution in [2.75, 3.05) is 0 Å². The lowest BCUT2D eigenvalue weighted by atomic mass is 9.95. The molecule has 0 N–H and O–H groups in total. The van der Waals surface area contributed by atoms with Crippen LogP contribution in [0.3, 0.4) is 0 Å². The maximum Gasteiger partial charge on any atom is 0.151 e. The molecule has 0 spiro atoms. The third-order valence-corrected chi connectivity index (χ3v) is 3.07. The van der Waals surface area contributed by atoms with Crippen molar-refractivity contribution in [3.63, 3.8) is 0 Å². The fourth-order valence-corrected chi connectivity index (χ4v) is 1.84. The van der Waals surface area contributed by atoms with Gasteiger partial charge >= 0.3 is 0 Å². The van der Waals surface area contributed by atoms with Gasteiger partial charge in [-0.05, 0) is 69.6 Å². The number of carbonyl (C=O) groups is 1. The summed E-state index contributed by atoms with van der Waals surface area (Å²) in [5.41, 5.74) is 1.94. The Morgan fingerprint density at radius 1 is 0.905 bits per heavy atom. The van der Waals surface area contributed by atoms with E-state index in [1.165, 1.54) is 0 Å². The van der Waals surface area contributed by atoms with E-state index in [4.69, 9.17) is 0 Å². The van der Waals surface area contributed by atoms with Gasteiger partial charge in [0.05, 0.1) is 0 Å². The summed E-state index contributed by atoms with van der Waals surface area (Å²) in [5.74, 6) is 12.5. The van der Waals surface area contributed by atoms with Crippen molar-refractivity contribution in [2.24, 2.45) is 10.8 Å². The molecule has 1 nitrogen and oxygen atoms in total. The second kappa shape index (κ2) is 6.50. The second-order valence-electron chi connectivity index (χ2n) is 7.04. The predicted molar refractivity (Wildman–Crippen MR) is 92.2 cm³/mol. The number of benzene rings is 1. The average molecular weight is 345 g/mol. The van der Waals surface area contributed by atoms with E-state index in [9.17, 15) is 4.79 Å². The molecule has 0 saturated heterocycles. The van der Waals surface area contributed by atoms with Crippen LogP contribution in [0, 0.1) is 34.5 Å². The first-order chi connectivity index (χ1) is 9.52. The molecule has 0 aliphatic carbocycles. The molecule has 0 heterocycles. The zero-order valence-electron chi connectivity index (χ0n) is 13.5. The first kappa shape index (κ1) is 17.5. The molecule has 0 aliphatic heterocycles. The highest BCUT2D eigenvalue weighted by Gasteiger charge is 2.09. The van der Waals surface area contributed by atoms with Gasteiger partial charge in [-0.1, -0.05) is 23.7 Å². The van der Waals surface area contributed by atoms with E-state index < -0.39 is 0 Å². The van der Waals surface area contributed by atoms with Crippen molar-refractivity contribution >= 4 is 22.2 Å². The molecule has 110 valence electrons. The Labute approximate surface area is 136 Å². The molecule has 21 heavy (non-hydrogen) atoms. The number of hydrogen-bond acceptors (Lipinski definition) is 1. The van der Waals surface area contributed by atoms with Gasteiger partial charge < -0.3 is 0 Å². The Balaban J connectivity index is 3.34. The molecule has 0 aromatic heterocycles. The van der Waals surface area contributed by atoms with Crippen LogP contribution in [-0.2, 0) is 0 Å². The van der Waals surface area contributed by atoms with E-state index in [2.05, 4.69) is 60.4 Å². The molecule has 0 fully saturated rings. The number of hydrogen-bond donors (Lipinski definition) is 0. The SMILES string of the molecule is CC(C)(C)C#Cc1cc(C=O)c(C#CC(C)(C)C)cc1Br. The molecule has 0 bridgehead atoms. The largest absolute Gasteiger partial charge is 0.298 e. The topological polar surface area (TPSA) is 17.1 Å². The Bertz CT molecular complexity index is 662. The highest BCUT2D eigenvalue weighted by atomic mass is 79.9. The first-order valence-corrected chi connectivity index (χ1v) is 7.66. The van der Waals surface area contributed by atoms with Crippen molar-refractivity contribution in [3.8, 4) is 23.7 Å². The van der Waals surface area contributed by atoms with Gasteiger partial charge in [-0.15, -0.1) is 0 Å². The maximum absolute atomic E-state index is 11.3. The van der Waals surface area contributed by atoms with Gasteiger partial charge in [0.2, 0.25) is 0 Å². The zero-order valence-corrected chi connectivity index (χ0v) is 15.1. The molecular weight excluding hydrogens is 324 g/mol. The molecular formula is C19H21BrO. The molecule has 0 radical (unpaired) electrons. The van der Waals surface area contributed by atoms with E-state index >= 15 is 0 Å². The van der Waals surface area contributed by atoms with Crippen LogP contribution in [0.4, 0.5) is 0 Å². The van der Waals surface area contributed by atoms with Crippen molar-refractivity contribution in [3.05, 3.63) is 33.3 Å². The third-order valence-electron chi connectivity index (χ3n) is 2.41. The van der Waals surface area contributed by atoms with Crippen molar-refractivity contribution in [2.45, 2.75) is 41.5 Å². The summed E-state index contributed by atoms with van der Waals surface area (Å²) in [4.78, 5) is 11.3. The third kappa shape index (κ3) is 6.19. The number of aldehydes is 1. The van der Waals surface area contributed by atoms with Crippen LogP contribution >= 0.6 is 15.9 Å². The molecule has 1 aromatic rings. The summed E-state index contributed by atoms with van der Waals surface area (Å²) < 4.78 is 0.864. The van der Waals surface area contributed by atoms with Gasteiger partial charge in [0.15, 0.2) is 6.29 Å². The van der Waals surface area contributed by atoms with Crippen LogP contribution < -0.4 is 0 Å². The molecule has 0 unspecified atom stereocenters. The van der Waals surface area contributed by atoms with Crippen molar-refractivity contribution < 1.29 is 4.79 Å². The highest BCUT2D eigenvalue weighted by Crippen LogP contribution is 2.22. The molecule has 0 atom stereocenters. The van der Waals surface area contributed by atoms with Crippen LogP contribution in [0.1, 0.15) is 63.0 Å². The van der Waals surface area contributed by atoms with Gasteiger partial charge in [-0.2, -0.15) is 0 Å². The average Bonchev–Trinajstić information content (AvgIpc) is 2.33. The standard InChI is InChI=1S/C19H21BrO/c1-18(2,3)9-7-14-12-17(20)15(11-16(14)13-21)8-10-19(4,5)6/h11-13H,1-6H3. The Morgan fingerprint density at radius 3 is 1.81 bits per heavy atom. The van der Waals surface area contributed by atoms with Gasteiger partial charge in [0.25, 0.3) is 0 Å². The van der Waals surface area contributed by atoms with Crippen LogP contribution in [0.25, 0.3) is 0 Å². The second-order valence-corrected chi connectivity index (χ2v) is 7.89. The molecule has 1 rings (SSSR count). The van der Waals surface area contributed by atoms with Gasteiger partial charge in [-0.3, -0.25) is 4.79 Å². The summed E-state index contributed by atoms with van der Waals surface area (Å²) in [7, 11) is 0. The highest BCUT2D eigenvalue weighted by molar-refractivity contribution is 9.10. The molecule has 0 saturated carbocycles. The number of halogens is 1. The van der Waals surface area contributed by atoms with Crippen LogP contribution in [0.5, 0.6) is 0 Å². The number of carbonyl (C=O) groups excluding carboxylic acids is 1. The minimum absolute atomic E-state index is 0.0779. The van der Waals surface area contributed by atoms with Crippen LogP contribution in [0.15, 0.2) is 16.6 Å². The Morgan fingerprint density at radius 2 is 1.38 bits per heavy atom.